The van der Waals surface area contributed by atoms with Crippen molar-refractivity contribution >= 4 is 27.5 Å². The lowest BCUT2D eigenvalue weighted by molar-refractivity contribution is 0.157. The summed E-state index contributed by atoms with van der Waals surface area (Å²) >= 11 is 3.24. The first kappa shape index (κ1) is 11.9. The summed E-state index contributed by atoms with van der Waals surface area (Å²) in [5, 5.41) is 8.48. The first-order chi connectivity index (χ1) is 8.36. The van der Waals surface area contributed by atoms with Crippen molar-refractivity contribution in [3.8, 4) is 5.75 Å². The molecule has 1 aromatic carbocycles. The van der Waals surface area contributed by atoms with Crippen LogP contribution in [0.15, 0.2) is 34.6 Å². The molecule has 0 saturated heterocycles. The fourth-order valence-electron chi connectivity index (χ4n) is 1.40. The Morgan fingerprint density at radius 1 is 1.29 bits per heavy atom. The number of rotatable bonds is 4. The SMILES string of the molecule is CO/N=C1\C(=N\OCCBr)Oc2ccccc21. The van der Waals surface area contributed by atoms with Crippen molar-refractivity contribution in [1.82, 2.24) is 0 Å². The topological polar surface area (TPSA) is 52.4 Å². The van der Waals surface area contributed by atoms with Gasteiger partial charge in [0.2, 0.25) is 0 Å². The molecule has 0 saturated carbocycles. The molecule has 0 fully saturated rings. The molecule has 0 spiro atoms. The van der Waals surface area contributed by atoms with Crippen LogP contribution in [0.4, 0.5) is 0 Å². The number of ether oxygens (including phenoxy) is 1. The lowest BCUT2D eigenvalue weighted by Gasteiger charge is -1.98. The number of fused-ring (bicyclic) bond motifs is 1. The maximum Gasteiger partial charge on any atom is 0.286 e. The van der Waals surface area contributed by atoms with Crippen molar-refractivity contribution < 1.29 is 14.4 Å². The Morgan fingerprint density at radius 2 is 2.12 bits per heavy atom. The minimum absolute atomic E-state index is 0.314. The lowest BCUT2D eigenvalue weighted by atomic mass is 10.1. The van der Waals surface area contributed by atoms with Crippen LogP contribution >= 0.6 is 15.9 Å². The van der Waals surface area contributed by atoms with Gasteiger partial charge in [-0.25, -0.2) is 0 Å². The van der Waals surface area contributed by atoms with E-state index in [0.29, 0.717) is 29.3 Å². The van der Waals surface area contributed by atoms with Crippen LogP contribution in [-0.2, 0) is 9.68 Å². The zero-order valence-corrected chi connectivity index (χ0v) is 10.8. The molecule has 0 amide bonds. The van der Waals surface area contributed by atoms with Crippen molar-refractivity contribution in [2.24, 2.45) is 10.3 Å². The van der Waals surface area contributed by atoms with Gasteiger partial charge in [-0.05, 0) is 17.3 Å². The third-order valence-electron chi connectivity index (χ3n) is 2.05. The first-order valence-corrected chi connectivity index (χ1v) is 6.13. The van der Waals surface area contributed by atoms with Crippen LogP contribution in [0.1, 0.15) is 5.56 Å². The van der Waals surface area contributed by atoms with Gasteiger partial charge in [0.25, 0.3) is 5.90 Å². The molecule has 17 heavy (non-hydrogen) atoms. The Labute approximate surface area is 107 Å². The van der Waals surface area contributed by atoms with Crippen molar-refractivity contribution in [1.29, 1.82) is 0 Å². The van der Waals surface area contributed by atoms with E-state index in [-0.39, 0.29) is 0 Å². The van der Waals surface area contributed by atoms with Crippen LogP contribution in [0, 0.1) is 0 Å². The van der Waals surface area contributed by atoms with Gasteiger partial charge in [-0.1, -0.05) is 33.2 Å². The number of alkyl halides is 1. The Hall–Kier alpha value is -1.56. The molecule has 6 heteroatoms. The quantitative estimate of drug-likeness (QED) is 0.486. The van der Waals surface area contributed by atoms with E-state index in [9.17, 15) is 0 Å². The van der Waals surface area contributed by atoms with E-state index in [1.54, 1.807) is 0 Å². The minimum atomic E-state index is 0.314. The predicted octanol–water partition coefficient (Wildman–Crippen LogP) is 2.15. The highest BCUT2D eigenvalue weighted by molar-refractivity contribution is 9.09. The summed E-state index contributed by atoms with van der Waals surface area (Å²) in [7, 11) is 1.48. The largest absolute Gasteiger partial charge is 0.434 e. The molecule has 0 N–H and O–H groups in total. The Kier molecular flexibility index (Phi) is 3.98. The highest BCUT2D eigenvalue weighted by Gasteiger charge is 2.28. The highest BCUT2D eigenvalue weighted by Crippen LogP contribution is 2.26. The maximum absolute atomic E-state index is 5.52. The maximum atomic E-state index is 5.52. The second-order valence-electron chi connectivity index (χ2n) is 3.14. The van der Waals surface area contributed by atoms with Gasteiger partial charge in [0, 0.05) is 5.33 Å². The van der Waals surface area contributed by atoms with E-state index in [1.165, 1.54) is 7.11 Å². The molecule has 1 heterocycles. The third kappa shape index (κ3) is 2.58. The summed E-state index contributed by atoms with van der Waals surface area (Å²) in [6.07, 6.45) is 0. The van der Waals surface area contributed by atoms with E-state index in [4.69, 9.17) is 14.4 Å². The molecule has 5 nitrogen and oxygen atoms in total. The monoisotopic (exact) mass is 298 g/mol. The van der Waals surface area contributed by atoms with Gasteiger partial charge in [-0.2, -0.15) is 0 Å². The predicted molar refractivity (Wildman–Crippen MR) is 67.8 cm³/mol. The van der Waals surface area contributed by atoms with Crippen LogP contribution < -0.4 is 4.74 Å². The molecular weight excluding hydrogens is 288 g/mol. The summed E-state index contributed by atoms with van der Waals surface area (Å²) in [5.41, 5.74) is 1.38. The van der Waals surface area contributed by atoms with Crippen molar-refractivity contribution in [3.05, 3.63) is 29.8 Å². The number of benzene rings is 1. The number of para-hydroxylation sites is 1. The van der Waals surface area contributed by atoms with Crippen LogP contribution in [-0.4, -0.2) is 30.7 Å². The summed E-state index contributed by atoms with van der Waals surface area (Å²) < 4.78 is 5.52. The lowest BCUT2D eigenvalue weighted by Crippen LogP contribution is -2.14. The summed E-state index contributed by atoms with van der Waals surface area (Å²) in [6, 6.07) is 7.51. The molecule has 1 aromatic rings. The van der Waals surface area contributed by atoms with Crippen LogP contribution in [0.25, 0.3) is 0 Å². The van der Waals surface area contributed by atoms with E-state index < -0.39 is 0 Å². The third-order valence-corrected chi connectivity index (χ3v) is 2.37. The van der Waals surface area contributed by atoms with Crippen LogP contribution in [0.5, 0.6) is 5.75 Å². The van der Waals surface area contributed by atoms with E-state index in [2.05, 4.69) is 26.2 Å². The van der Waals surface area contributed by atoms with Gasteiger partial charge in [-0.15, -0.1) is 0 Å². The van der Waals surface area contributed by atoms with E-state index in [0.717, 1.165) is 5.56 Å². The average molecular weight is 299 g/mol. The summed E-state index contributed by atoms with van der Waals surface area (Å²) in [6.45, 7) is 0.462. The number of oxime groups is 2. The first-order valence-electron chi connectivity index (χ1n) is 5.01. The smallest absolute Gasteiger partial charge is 0.286 e. The van der Waals surface area contributed by atoms with Crippen LogP contribution in [0.2, 0.25) is 0 Å². The van der Waals surface area contributed by atoms with Gasteiger partial charge in [0.15, 0.2) is 5.71 Å². The van der Waals surface area contributed by atoms with Crippen molar-refractivity contribution in [3.63, 3.8) is 0 Å². The number of hydrogen-bond acceptors (Lipinski definition) is 5. The molecule has 1 aliphatic rings. The molecule has 0 bridgehead atoms. The number of nitrogens with zero attached hydrogens (tertiary/aromatic N) is 2. The molecule has 0 unspecified atom stereocenters. The van der Waals surface area contributed by atoms with Gasteiger partial charge >= 0.3 is 0 Å². The Balaban J connectivity index is 2.27. The normalized spacial score (nSPS) is 18.0. The van der Waals surface area contributed by atoms with Crippen LogP contribution in [0.3, 0.4) is 0 Å². The average Bonchev–Trinajstić information content (AvgIpc) is 2.69. The van der Waals surface area contributed by atoms with E-state index >= 15 is 0 Å². The van der Waals surface area contributed by atoms with Gasteiger partial charge in [-0.3, -0.25) is 0 Å². The van der Waals surface area contributed by atoms with E-state index in [1.807, 2.05) is 24.3 Å². The van der Waals surface area contributed by atoms with Crippen molar-refractivity contribution in [2.75, 3.05) is 19.0 Å². The Morgan fingerprint density at radius 3 is 2.88 bits per heavy atom. The highest BCUT2D eigenvalue weighted by atomic mass is 79.9. The fourth-order valence-corrected chi connectivity index (χ4v) is 1.54. The molecule has 0 atom stereocenters. The molecule has 90 valence electrons. The molecule has 0 aliphatic carbocycles. The fraction of sp³-hybridized carbons (Fsp3) is 0.273. The Bertz CT molecular complexity index is 460. The van der Waals surface area contributed by atoms with Crippen molar-refractivity contribution in [2.45, 2.75) is 0 Å². The molecule has 1 aliphatic heterocycles. The van der Waals surface area contributed by atoms with Gasteiger partial charge in [0.05, 0.1) is 5.56 Å². The summed E-state index contributed by atoms with van der Waals surface area (Å²) in [4.78, 5) is 9.84. The minimum Gasteiger partial charge on any atom is -0.434 e. The molecule has 2 rings (SSSR count). The molecule has 0 radical (unpaired) electrons. The standard InChI is InChI=1S/C11H11BrN2O3/c1-15-13-10-8-4-2-3-5-9(8)17-11(10)14-16-7-6-12/h2-5H,6-7H2,1H3/b13-10-,14-11-. The van der Waals surface area contributed by atoms with Gasteiger partial charge < -0.3 is 14.4 Å². The van der Waals surface area contributed by atoms with Gasteiger partial charge in [0.1, 0.15) is 19.5 Å². The second-order valence-corrected chi connectivity index (χ2v) is 3.93. The summed E-state index contributed by atoms with van der Waals surface area (Å²) in [5.74, 6) is 1.01. The molecule has 0 aromatic heterocycles. The zero-order chi connectivity index (χ0) is 12.1. The number of hydrogen-bond donors (Lipinski definition) is 0. The second kappa shape index (κ2) is 5.67. The number of halogens is 1. The zero-order valence-electron chi connectivity index (χ0n) is 9.22. The molecular formula is C11H11BrN2O3.